The van der Waals surface area contributed by atoms with Crippen molar-refractivity contribution < 1.29 is 14.7 Å². The van der Waals surface area contributed by atoms with E-state index in [0.717, 1.165) is 6.54 Å². The maximum Gasteiger partial charge on any atom is 0.319 e. The summed E-state index contributed by atoms with van der Waals surface area (Å²) in [5, 5.41) is 18.0. The van der Waals surface area contributed by atoms with Gasteiger partial charge in [-0.05, 0) is 20.8 Å². The predicted octanol–water partition coefficient (Wildman–Crippen LogP) is 1.14. The highest BCUT2D eigenvalue weighted by Crippen LogP contribution is 2.13. The SMILES string of the molecule is CCn1cc(NC(=O)NCC(C)(C)C(=O)O)cn1. The van der Waals surface area contributed by atoms with Gasteiger partial charge >= 0.3 is 12.0 Å². The third-order valence-corrected chi connectivity index (χ3v) is 2.48. The number of carboxylic acids is 1. The van der Waals surface area contributed by atoms with E-state index in [9.17, 15) is 9.59 Å². The summed E-state index contributed by atoms with van der Waals surface area (Å²) in [6, 6.07) is -0.444. The number of hydrogen-bond acceptors (Lipinski definition) is 3. The Balaban J connectivity index is 2.45. The summed E-state index contributed by atoms with van der Waals surface area (Å²) in [5.41, 5.74) is -0.423. The van der Waals surface area contributed by atoms with Crippen molar-refractivity contribution in [3.05, 3.63) is 12.4 Å². The second kappa shape index (κ2) is 5.52. The fourth-order valence-electron chi connectivity index (χ4n) is 1.15. The van der Waals surface area contributed by atoms with Crippen molar-refractivity contribution in [3.8, 4) is 0 Å². The molecule has 0 spiro atoms. The number of hydrogen-bond donors (Lipinski definition) is 3. The highest BCUT2D eigenvalue weighted by Gasteiger charge is 2.27. The lowest BCUT2D eigenvalue weighted by Crippen LogP contribution is -2.40. The van der Waals surface area contributed by atoms with Crippen LogP contribution in [0.4, 0.5) is 10.5 Å². The highest BCUT2D eigenvalue weighted by molar-refractivity contribution is 5.89. The number of amides is 2. The smallest absolute Gasteiger partial charge is 0.319 e. The maximum absolute atomic E-state index is 11.5. The van der Waals surface area contributed by atoms with Crippen LogP contribution < -0.4 is 10.6 Å². The van der Waals surface area contributed by atoms with E-state index >= 15 is 0 Å². The van der Waals surface area contributed by atoms with Gasteiger partial charge in [-0.3, -0.25) is 9.48 Å². The lowest BCUT2D eigenvalue weighted by molar-refractivity contribution is -0.146. The van der Waals surface area contributed by atoms with E-state index in [1.807, 2.05) is 6.92 Å². The third kappa shape index (κ3) is 3.76. The second-order valence-corrected chi connectivity index (χ2v) is 4.58. The van der Waals surface area contributed by atoms with Crippen molar-refractivity contribution in [2.45, 2.75) is 27.3 Å². The summed E-state index contributed by atoms with van der Waals surface area (Å²) < 4.78 is 1.68. The molecular formula is C11H18N4O3. The van der Waals surface area contributed by atoms with Crippen LogP contribution in [0.2, 0.25) is 0 Å². The summed E-state index contributed by atoms with van der Waals surface area (Å²) in [6.45, 7) is 5.80. The largest absolute Gasteiger partial charge is 0.481 e. The van der Waals surface area contributed by atoms with Crippen molar-refractivity contribution in [2.75, 3.05) is 11.9 Å². The average Bonchev–Trinajstić information content (AvgIpc) is 2.74. The quantitative estimate of drug-likeness (QED) is 0.734. The second-order valence-electron chi connectivity index (χ2n) is 4.58. The number of aliphatic carboxylic acids is 1. The molecule has 0 atom stereocenters. The number of nitrogens with zero attached hydrogens (tertiary/aromatic N) is 2. The Bertz CT molecular complexity index is 439. The Morgan fingerprint density at radius 1 is 1.50 bits per heavy atom. The number of urea groups is 1. The first-order chi connectivity index (χ1) is 8.35. The number of rotatable bonds is 5. The molecule has 1 aromatic heterocycles. The molecule has 18 heavy (non-hydrogen) atoms. The molecule has 0 aromatic carbocycles. The molecule has 0 aliphatic heterocycles. The first-order valence-electron chi connectivity index (χ1n) is 5.66. The number of aromatic nitrogens is 2. The molecule has 0 fully saturated rings. The Morgan fingerprint density at radius 3 is 2.67 bits per heavy atom. The van der Waals surface area contributed by atoms with Crippen LogP contribution in [0.5, 0.6) is 0 Å². The fourth-order valence-corrected chi connectivity index (χ4v) is 1.15. The number of nitrogens with one attached hydrogen (secondary N) is 2. The standard InChI is InChI=1S/C11H18N4O3/c1-4-15-6-8(5-13-15)14-10(18)12-7-11(2,3)9(16)17/h5-6H,4,7H2,1-3H3,(H,16,17)(H2,12,14,18). The van der Waals surface area contributed by atoms with E-state index in [1.165, 1.54) is 6.20 Å². The minimum atomic E-state index is -0.995. The van der Waals surface area contributed by atoms with Gasteiger partial charge in [-0.25, -0.2) is 4.79 Å². The van der Waals surface area contributed by atoms with Crippen molar-refractivity contribution in [2.24, 2.45) is 5.41 Å². The van der Waals surface area contributed by atoms with Gasteiger partial charge in [0, 0.05) is 19.3 Å². The normalized spacial score (nSPS) is 11.1. The molecule has 0 bridgehead atoms. The van der Waals surface area contributed by atoms with Crippen molar-refractivity contribution in [1.82, 2.24) is 15.1 Å². The van der Waals surface area contributed by atoms with Gasteiger partial charge in [0.15, 0.2) is 0 Å². The molecule has 100 valence electrons. The van der Waals surface area contributed by atoms with Crippen LogP contribution in [0, 0.1) is 5.41 Å². The number of aryl methyl sites for hydroxylation is 1. The van der Waals surface area contributed by atoms with E-state index in [0.29, 0.717) is 5.69 Å². The third-order valence-electron chi connectivity index (χ3n) is 2.48. The first kappa shape index (κ1) is 14.0. The summed E-state index contributed by atoms with van der Waals surface area (Å²) >= 11 is 0. The minimum absolute atomic E-state index is 0.0517. The van der Waals surface area contributed by atoms with Crippen molar-refractivity contribution in [3.63, 3.8) is 0 Å². The first-order valence-corrected chi connectivity index (χ1v) is 5.66. The van der Waals surface area contributed by atoms with E-state index in [1.54, 1.807) is 24.7 Å². The molecule has 0 saturated carbocycles. The zero-order chi connectivity index (χ0) is 13.8. The van der Waals surface area contributed by atoms with Gasteiger partial charge in [0.25, 0.3) is 0 Å². The number of carbonyl (C=O) groups is 2. The van der Waals surface area contributed by atoms with Crippen LogP contribution in [-0.2, 0) is 11.3 Å². The van der Waals surface area contributed by atoms with Gasteiger partial charge in [-0.15, -0.1) is 0 Å². The Kier molecular flexibility index (Phi) is 4.30. The summed E-state index contributed by atoms with van der Waals surface area (Å²) in [7, 11) is 0. The molecule has 7 heteroatoms. The van der Waals surface area contributed by atoms with Gasteiger partial charge in [0.1, 0.15) is 0 Å². The molecular weight excluding hydrogens is 236 g/mol. The van der Waals surface area contributed by atoms with Gasteiger partial charge in [-0.2, -0.15) is 5.10 Å². The van der Waals surface area contributed by atoms with Crippen molar-refractivity contribution in [1.29, 1.82) is 0 Å². The van der Waals surface area contributed by atoms with Gasteiger partial charge in [0.2, 0.25) is 0 Å². The Hall–Kier alpha value is -2.05. The highest BCUT2D eigenvalue weighted by atomic mass is 16.4. The molecule has 3 N–H and O–H groups in total. The Morgan fingerprint density at radius 2 is 2.17 bits per heavy atom. The summed E-state index contributed by atoms with van der Waals surface area (Å²) in [6.07, 6.45) is 3.23. The van der Waals surface area contributed by atoms with Crippen LogP contribution in [0.25, 0.3) is 0 Å². The molecule has 1 rings (SSSR count). The van der Waals surface area contributed by atoms with E-state index in [2.05, 4.69) is 15.7 Å². The zero-order valence-electron chi connectivity index (χ0n) is 10.7. The van der Waals surface area contributed by atoms with Crippen molar-refractivity contribution >= 4 is 17.7 Å². The monoisotopic (exact) mass is 254 g/mol. The van der Waals surface area contributed by atoms with E-state index in [4.69, 9.17) is 5.11 Å². The average molecular weight is 254 g/mol. The van der Waals surface area contributed by atoms with Gasteiger partial charge in [-0.1, -0.05) is 0 Å². The fraction of sp³-hybridized carbons (Fsp3) is 0.545. The molecule has 1 aromatic rings. The van der Waals surface area contributed by atoms with Crippen LogP contribution in [0.1, 0.15) is 20.8 Å². The number of carbonyl (C=O) groups excluding carboxylic acids is 1. The summed E-state index contributed by atoms with van der Waals surface area (Å²) in [5.74, 6) is -0.957. The zero-order valence-corrected chi connectivity index (χ0v) is 10.7. The molecule has 2 amide bonds. The lowest BCUT2D eigenvalue weighted by Gasteiger charge is -2.19. The Labute approximate surface area is 105 Å². The van der Waals surface area contributed by atoms with Gasteiger partial charge < -0.3 is 15.7 Å². The topological polar surface area (TPSA) is 96.2 Å². The predicted molar refractivity (Wildman–Crippen MR) is 66.3 cm³/mol. The van der Waals surface area contributed by atoms with Crippen LogP contribution in [0.15, 0.2) is 12.4 Å². The summed E-state index contributed by atoms with van der Waals surface area (Å²) in [4.78, 5) is 22.4. The molecule has 7 nitrogen and oxygen atoms in total. The number of anilines is 1. The van der Waals surface area contributed by atoms with Crippen LogP contribution in [-0.4, -0.2) is 33.4 Å². The molecule has 0 radical (unpaired) electrons. The minimum Gasteiger partial charge on any atom is -0.481 e. The van der Waals surface area contributed by atoms with E-state index < -0.39 is 17.4 Å². The molecule has 0 unspecified atom stereocenters. The van der Waals surface area contributed by atoms with Crippen LogP contribution >= 0.6 is 0 Å². The molecule has 0 saturated heterocycles. The van der Waals surface area contributed by atoms with E-state index in [-0.39, 0.29) is 6.54 Å². The molecule has 0 aliphatic carbocycles. The maximum atomic E-state index is 11.5. The van der Waals surface area contributed by atoms with Crippen LogP contribution in [0.3, 0.4) is 0 Å². The lowest BCUT2D eigenvalue weighted by atomic mass is 9.94. The molecule has 1 heterocycles. The molecule has 0 aliphatic rings. The van der Waals surface area contributed by atoms with Gasteiger partial charge in [0.05, 0.1) is 17.3 Å². The number of carboxylic acid groups (broad SMARTS) is 1.